The Morgan fingerprint density at radius 1 is 1.27 bits per heavy atom. The summed E-state index contributed by atoms with van der Waals surface area (Å²) in [5.41, 5.74) is 1.13. The van der Waals surface area contributed by atoms with Crippen molar-refractivity contribution in [2.75, 3.05) is 6.54 Å². The van der Waals surface area contributed by atoms with E-state index in [-0.39, 0.29) is 16.3 Å². The lowest BCUT2D eigenvalue weighted by atomic mass is 10.1. The molecule has 26 heavy (non-hydrogen) atoms. The largest absolute Gasteiger partial charge is 0.351 e. The van der Waals surface area contributed by atoms with Gasteiger partial charge in [0.2, 0.25) is 0 Å². The standard InChI is InChI=1S/C19H16ClN3O3/c20-17-9-8-15(12-18(17)23(25)26)11-16(13-21)19(24)22-10-4-7-14-5-2-1-3-6-14/h1-3,5-6,8-9,11-12H,4,7,10H2,(H,22,24)/b16-11-. The van der Waals surface area contributed by atoms with E-state index in [1.54, 1.807) is 0 Å². The van der Waals surface area contributed by atoms with Crippen molar-refractivity contribution >= 4 is 29.3 Å². The van der Waals surface area contributed by atoms with Crippen LogP contribution in [-0.2, 0) is 11.2 Å². The number of nitrogens with zero attached hydrogens (tertiary/aromatic N) is 2. The monoisotopic (exact) mass is 369 g/mol. The molecule has 1 amide bonds. The summed E-state index contributed by atoms with van der Waals surface area (Å²) in [4.78, 5) is 22.4. The number of halogens is 1. The number of carbonyl (C=O) groups is 1. The quantitative estimate of drug-likeness (QED) is 0.263. The van der Waals surface area contributed by atoms with Gasteiger partial charge in [0, 0.05) is 12.6 Å². The zero-order valence-corrected chi connectivity index (χ0v) is 14.6. The predicted octanol–water partition coefficient (Wildman–Crippen LogP) is 3.90. The summed E-state index contributed by atoms with van der Waals surface area (Å²) in [6.45, 7) is 0.424. The lowest BCUT2D eigenvalue weighted by Gasteiger charge is -2.05. The van der Waals surface area contributed by atoms with Crippen molar-refractivity contribution in [3.8, 4) is 6.07 Å². The molecule has 2 aromatic carbocycles. The molecule has 0 aliphatic heterocycles. The van der Waals surface area contributed by atoms with Gasteiger partial charge in [-0.1, -0.05) is 48.0 Å². The number of amides is 1. The molecule has 0 atom stereocenters. The van der Waals surface area contributed by atoms with Crippen LogP contribution in [0.15, 0.2) is 54.1 Å². The van der Waals surface area contributed by atoms with E-state index in [1.807, 2.05) is 36.4 Å². The van der Waals surface area contributed by atoms with E-state index >= 15 is 0 Å². The van der Waals surface area contributed by atoms with E-state index in [4.69, 9.17) is 11.6 Å². The van der Waals surface area contributed by atoms with Crippen LogP contribution in [0.25, 0.3) is 6.08 Å². The summed E-state index contributed by atoms with van der Waals surface area (Å²) in [7, 11) is 0. The minimum absolute atomic E-state index is 0.00368. The summed E-state index contributed by atoms with van der Waals surface area (Å²) in [6, 6.07) is 15.8. The third-order valence-corrected chi connectivity index (χ3v) is 3.93. The van der Waals surface area contributed by atoms with Gasteiger partial charge >= 0.3 is 0 Å². The third kappa shape index (κ3) is 5.43. The average molecular weight is 370 g/mol. The minimum Gasteiger partial charge on any atom is -0.351 e. The van der Waals surface area contributed by atoms with Gasteiger partial charge in [0.15, 0.2) is 0 Å². The molecule has 0 aliphatic carbocycles. The van der Waals surface area contributed by atoms with Crippen molar-refractivity contribution in [1.82, 2.24) is 5.32 Å². The van der Waals surface area contributed by atoms with E-state index in [9.17, 15) is 20.2 Å². The van der Waals surface area contributed by atoms with Crippen molar-refractivity contribution < 1.29 is 9.72 Å². The van der Waals surface area contributed by atoms with Gasteiger partial charge in [-0.3, -0.25) is 14.9 Å². The molecule has 0 bridgehead atoms. The molecule has 2 aromatic rings. The number of nitriles is 1. The van der Waals surface area contributed by atoms with E-state index in [0.29, 0.717) is 12.1 Å². The Bertz CT molecular complexity index is 873. The number of nitrogens with one attached hydrogen (secondary N) is 1. The van der Waals surface area contributed by atoms with Crippen LogP contribution < -0.4 is 5.32 Å². The summed E-state index contributed by atoms with van der Waals surface area (Å²) >= 11 is 5.75. The fourth-order valence-electron chi connectivity index (χ4n) is 2.31. The number of benzene rings is 2. The first-order valence-electron chi connectivity index (χ1n) is 7.89. The van der Waals surface area contributed by atoms with Gasteiger partial charge in [-0.15, -0.1) is 0 Å². The molecule has 7 heteroatoms. The first-order valence-corrected chi connectivity index (χ1v) is 8.27. The Balaban J connectivity index is 1.98. The third-order valence-electron chi connectivity index (χ3n) is 3.61. The smallest absolute Gasteiger partial charge is 0.288 e. The van der Waals surface area contributed by atoms with Crippen LogP contribution in [0.3, 0.4) is 0 Å². The maximum Gasteiger partial charge on any atom is 0.288 e. The summed E-state index contributed by atoms with van der Waals surface area (Å²) < 4.78 is 0. The molecule has 0 fully saturated rings. The highest BCUT2D eigenvalue weighted by atomic mass is 35.5. The fourth-order valence-corrected chi connectivity index (χ4v) is 2.50. The number of rotatable bonds is 7. The van der Waals surface area contributed by atoms with Gasteiger partial charge < -0.3 is 5.32 Å². The van der Waals surface area contributed by atoms with Crippen LogP contribution in [0.2, 0.25) is 5.02 Å². The lowest BCUT2D eigenvalue weighted by Crippen LogP contribution is -2.25. The molecule has 1 N–H and O–H groups in total. The second-order valence-electron chi connectivity index (χ2n) is 5.48. The normalized spacial score (nSPS) is 10.8. The molecule has 0 heterocycles. The summed E-state index contributed by atoms with van der Waals surface area (Å²) in [5, 5.41) is 22.8. The van der Waals surface area contributed by atoms with Gasteiger partial charge in [-0.2, -0.15) is 5.26 Å². The van der Waals surface area contributed by atoms with E-state index in [2.05, 4.69) is 5.32 Å². The highest BCUT2D eigenvalue weighted by molar-refractivity contribution is 6.32. The van der Waals surface area contributed by atoms with Crippen LogP contribution >= 0.6 is 11.6 Å². The van der Waals surface area contributed by atoms with Gasteiger partial charge in [0.05, 0.1) is 4.92 Å². The summed E-state index contributed by atoms with van der Waals surface area (Å²) in [5.74, 6) is -0.516. The maximum atomic E-state index is 12.1. The Kier molecular flexibility index (Phi) is 6.89. The molecule has 0 radical (unpaired) electrons. The second kappa shape index (κ2) is 9.35. The van der Waals surface area contributed by atoms with Crippen molar-refractivity contribution in [3.63, 3.8) is 0 Å². The van der Waals surface area contributed by atoms with Crippen LogP contribution in [0.1, 0.15) is 17.5 Å². The number of aryl methyl sites for hydroxylation is 1. The maximum absolute atomic E-state index is 12.1. The van der Waals surface area contributed by atoms with Gasteiger partial charge in [-0.25, -0.2) is 0 Å². The molecule has 0 saturated carbocycles. The first kappa shape index (κ1) is 19.2. The van der Waals surface area contributed by atoms with Crippen molar-refractivity contribution in [1.29, 1.82) is 5.26 Å². The SMILES string of the molecule is N#C/C(=C/c1ccc(Cl)c([N+](=O)[O-])c1)C(=O)NCCCc1ccccc1. The number of nitro groups is 1. The van der Waals surface area contributed by atoms with Crippen LogP contribution in [0.4, 0.5) is 5.69 Å². The molecule has 0 aromatic heterocycles. The van der Waals surface area contributed by atoms with Gasteiger partial charge in [0.1, 0.15) is 16.7 Å². The van der Waals surface area contributed by atoms with E-state index in [1.165, 1.54) is 29.8 Å². The number of hydrogen-bond donors (Lipinski definition) is 1. The highest BCUT2D eigenvalue weighted by Gasteiger charge is 2.14. The van der Waals surface area contributed by atoms with Crippen molar-refractivity contribution in [3.05, 3.63) is 80.4 Å². The van der Waals surface area contributed by atoms with Gasteiger partial charge in [0.25, 0.3) is 11.6 Å². The Morgan fingerprint density at radius 3 is 2.65 bits per heavy atom. The number of carbonyl (C=O) groups excluding carboxylic acids is 1. The zero-order chi connectivity index (χ0) is 18.9. The topological polar surface area (TPSA) is 96.0 Å². The minimum atomic E-state index is -0.616. The molecule has 0 aliphatic rings. The molecule has 2 rings (SSSR count). The van der Waals surface area contributed by atoms with E-state index < -0.39 is 10.8 Å². The number of hydrogen-bond acceptors (Lipinski definition) is 4. The Labute approximate surface area is 155 Å². The Hall–Kier alpha value is -3.17. The Morgan fingerprint density at radius 2 is 2.00 bits per heavy atom. The average Bonchev–Trinajstić information content (AvgIpc) is 2.65. The van der Waals surface area contributed by atoms with Crippen LogP contribution in [0.5, 0.6) is 0 Å². The van der Waals surface area contributed by atoms with Crippen LogP contribution in [-0.4, -0.2) is 17.4 Å². The molecule has 6 nitrogen and oxygen atoms in total. The van der Waals surface area contributed by atoms with Crippen LogP contribution in [0, 0.1) is 21.4 Å². The first-order chi connectivity index (χ1) is 12.5. The molecular weight excluding hydrogens is 354 g/mol. The lowest BCUT2D eigenvalue weighted by molar-refractivity contribution is -0.384. The summed E-state index contributed by atoms with van der Waals surface area (Å²) in [6.07, 6.45) is 2.85. The zero-order valence-electron chi connectivity index (χ0n) is 13.8. The van der Waals surface area contributed by atoms with Crippen molar-refractivity contribution in [2.45, 2.75) is 12.8 Å². The molecule has 0 unspecified atom stereocenters. The highest BCUT2D eigenvalue weighted by Crippen LogP contribution is 2.26. The van der Waals surface area contributed by atoms with E-state index in [0.717, 1.165) is 12.8 Å². The molecule has 132 valence electrons. The molecular formula is C19H16ClN3O3. The van der Waals surface area contributed by atoms with Crippen molar-refractivity contribution in [2.24, 2.45) is 0 Å². The van der Waals surface area contributed by atoms with Gasteiger partial charge in [-0.05, 0) is 36.1 Å². The fraction of sp³-hybridized carbons (Fsp3) is 0.158. The molecule has 0 spiro atoms. The number of nitro benzene ring substituents is 1. The molecule has 0 saturated heterocycles. The predicted molar refractivity (Wildman–Crippen MR) is 99.5 cm³/mol. The second-order valence-corrected chi connectivity index (χ2v) is 5.89.